The second kappa shape index (κ2) is 8.85. The van der Waals surface area contributed by atoms with Crippen molar-refractivity contribution in [1.82, 2.24) is 4.72 Å². The van der Waals surface area contributed by atoms with E-state index in [1.165, 1.54) is 12.1 Å². The van der Waals surface area contributed by atoms with Crippen molar-refractivity contribution in [3.8, 4) is 0 Å². The smallest absolute Gasteiger partial charge is 0.264 e. The maximum absolute atomic E-state index is 12.4. The van der Waals surface area contributed by atoms with Gasteiger partial charge in [0, 0.05) is 16.9 Å². The average Bonchev–Trinajstić information content (AvgIpc) is 2.68. The summed E-state index contributed by atoms with van der Waals surface area (Å²) in [4.78, 5) is 12.1. The third-order valence-electron chi connectivity index (χ3n) is 3.96. The van der Waals surface area contributed by atoms with E-state index in [1.54, 1.807) is 42.5 Å². The highest BCUT2D eigenvalue weighted by Crippen LogP contribution is 2.16. The summed E-state index contributed by atoms with van der Waals surface area (Å²) in [6.07, 6.45) is 0. The first-order valence-corrected chi connectivity index (χ1v) is 10.6. The molecule has 0 heterocycles. The van der Waals surface area contributed by atoms with Crippen LogP contribution < -0.4 is 15.4 Å². The first-order valence-electron chi connectivity index (χ1n) is 8.70. The Morgan fingerprint density at radius 3 is 2.14 bits per heavy atom. The number of anilines is 2. The second-order valence-electron chi connectivity index (χ2n) is 6.27. The Bertz CT molecular complexity index is 1130. The molecule has 0 unspecified atom stereocenters. The summed E-state index contributed by atoms with van der Waals surface area (Å²) in [5.74, 6) is -0.684. The average molecular weight is 426 g/mol. The van der Waals surface area contributed by atoms with Gasteiger partial charge in [-0.1, -0.05) is 30.3 Å². The van der Waals surface area contributed by atoms with Crippen molar-refractivity contribution < 1.29 is 13.2 Å². The lowest BCUT2D eigenvalue weighted by Gasteiger charge is -2.12. The van der Waals surface area contributed by atoms with Gasteiger partial charge in [0.25, 0.3) is 15.9 Å². The molecule has 0 aliphatic heterocycles. The van der Waals surface area contributed by atoms with E-state index in [9.17, 15) is 13.2 Å². The largest absolute Gasteiger partial charge is 0.332 e. The first-order chi connectivity index (χ1) is 13.8. The molecule has 0 radical (unpaired) electrons. The zero-order valence-electron chi connectivity index (χ0n) is 15.5. The molecule has 3 rings (SSSR count). The summed E-state index contributed by atoms with van der Waals surface area (Å²) >= 11 is 5.28. The van der Waals surface area contributed by atoms with Crippen LogP contribution in [-0.2, 0) is 10.0 Å². The number of aryl methyl sites for hydroxylation is 1. The van der Waals surface area contributed by atoms with E-state index in [0.717, 1.165) is 11.3 Å². The van der Waals surface area contributed by atoms with E-state index < -0.39 is 15.9 Å². The molecule has 3 aromatic rings. The number of hydrogen-bond acceptors (Lipinski definition) is 4. The van der Waals surface area contributed by atoms with Crippen molar-refractivity contribution in [2.45, 2.75) is 11.8 Å². The van der Waals surface area contributed by atoms with Crippen molar-refractivity contribution in [2.75, 3.05) is 10.6 Å². The summed E-state index contributed by atoms with van der Waals surface area (Å²) in [5.41, 5.74) is 2.83. The first kappa shape index (κ1) is 20.5. The molecule has 6 nitrogen and oxygen atoms in total. The minimum Gasteiger partial charge on any atom is -0.332 e. The standard InChI is InChI=1S/C21H19N3O3S2/c1-15-6-5-9-18(14-15)23-21(28)22-17-10-12-19(13-11-17)29(26,27)24-20(25)16-7-3-2-4-8-16/h2-14H,1H3,(H,24,25)(H2,22,23,28). The van der Waals surface area contributed by atoms with E-state index in [1.807, 2.05) is 31.2 Å². The normalized spacial score (nSPS) is 10.8. The summed E-state index contributed by atoms with van der Waals surface area (Å²) in [6.45, 7) is 1.98. The van der Waals surface area contributed by atoms with Gasteiger partial charge < -0.3 is 10.6 Å². The van der Waals surface area contributed by atoms with Crippen LogP contribution in [0, 0.1) is 6.92 Å². The molecule has 0 atom stereocenters. The molecule has 3 aromatic carbocycles. The van der Waals surface area contributed by atoms with Gasteiger partial charge in [-0.2, -0.15) is 0 Å². The lowest BCUT2D eigenvalue weighted by molar-refractivity contribution is 0.0981. The Balaban J connectivity index is 1.64. The molecular formula is C21H19N3O3S2. The van der Waals surface area contributed by atoms with Crippen LogP contribution in [0.2, 0.25) is 0 Å². The molecule has 148 valence electrons. The molecule has 0 saturated carbocycles. The number of carbonyl (C=O) groups excluding carboxylic acids is 1. The lowest BCUT2D eigenvalue weighted by Crippen LogP contribution is -2.30. The van der Waals surface area contributed by atoms with E-state index >= 15 is 0 Å². The second-order valence-corrected chi connectivity index (χ2v) is 8.36. The van der Waals surface area contributed by atoms with Crippen molar-refractivity contribution in [1.29, 1.82) is 0 Å². The highest BCUT2D eigenvalue weighted by molar-refractivity contribution is 7.90. The van der Waals surface area contributed by atoms with Crippen molar-refractivity contribution >= 4 is 44.6 Å². The predicted octanol–water partition coefficient (Wildman–Crippen LogP) is 3.92. The Morgan fingerprint density at radius 1 is 0.828 bits per heavy atom. The number of nitrogens with one attached hydrogen (secondary N) is 3. The van der Waals surface area contributed by atoms with Gasteiger partial charge in [-0.15, -0.1) is 0 Å². The van der Waals surface area contributed by atoms with E-state index in [2.05, 4.69) is 15.4 Å². The van der Waals surface area contributed by atoms with Crippen LogP contribution in [-0.4, -0.2) is 19.4 Å². The number of amides is 1. The number of thiocarbonyl (C=S) groups is 1. The van der Waals surface area contributed by atoms with Gasteiger partial charge in [0.05, 0.1) is 4.90 Å². The fourth-order valence-electron chi connectivity index (χ4n) is 2.56. The van der Waals surface area contributed by atoms with Gasteiger partial charge in [0.15, 0.2) is 5.11 Å². The molecule has 3 N–H and O–H groups in total. The van der Waals surface area contributed by atoms with Crippen molar-refractivity contribution in [3.05, 3.63) is 90.0 Å². The zero-order chi connectivity index (χ0) is 20.9. The van der Waals surface area contributed by atoms with Gasteiger partial charge in [-0.25, -0.2) is 13.1 Å². The SMILES string of the molecule is Cc1cccc(NC(=S)Nc2ccc(S(=O)(=O)NC(=O)c3ccccc3)cc2)c1. The maximum Gasteiger partial charge on any atom is 0.264 e. The minimum absolute atomic E-state index is 0.0232. The van der Waals surface area contributed by atoms with Crippen LogP contribution in [0.4, 0.5) is 11.4 Å². The third-order valence-corrected chi connectivity index (χ3v) is 5.51. The maximum atomic E-state index is 12.4. The molecule has 0 saturated heterocycles. The number of benzene rings is 3. The van der Waals surface area contributed by atoms with E-state index in [0.29, 0.717) is 10.8 Å². The molecule has 0 bridgehead atoms. The summed E-state index contributed by atoms with van der Waals surface area (Å²) in [6, 6.07) is 21.9. The quantitative estimate of drug-likeness (QED) is 0.537. The highest BCUT2D eigenvalue weighted by atomic mass is 32.2. The summed E-state index contributed by atoms with van der Waals surface area (Å²) in [7, 11) is -3.98. The molecule has 0 aromatic heterocycles. The van der Waals surface area contributed by atoms with Gasteiger partial charge in [0.1, 0.15) is 0 Å². The van der Waals surface area contributed by atoms with E-state index in [-0.39, 0.29) is 10.5 Å². The Kier molecular flexibility index (Phi) is 6.26. The molecule has 8 heteroatoms. The number of hydrogen-bond donors (Lipinski definition) is 3. The molecule has 0 spiro atoms. The number of rotatable bonds is 5. The lowest BCUT2D eigenvalue weighted by atomic mass is 10.2. The van der Waals surface area contributed by atoms with Crippen molar-refractivity contribution in [3.63, 3.8) is 0 Å². The molecule has 0 fully saturated rings. The number of sulfonamides is 1. The van der Waals surface area contributed by atoms with Crippen LogP contribution in [0.25, 0.3) is 0 Å². The fraction of sp³-hybridized carbons (Fsp3) is 0.0476. The zero-order valence-corrected chi connectivity index (χ0v) is 17.2. The van der Waals surface area contributed by atoms with Gasteiger partial charge in [-0.3, -0.25) is 4.79 Å². The molecule has 1 amide bonds. The van der Waals surface area contributed by atoms with Crippen molar-refractivity contribution in [2.24, 2.45) is 0 Å². The van der Waals surface area contributed by atoms with Gasteiger partial charge in [-0.05, 0) is 73.2 Å². The van der Waals surface area contributed by atoms with Crippen LogP contribution >= 0.6 is 12.2 Å². The molecule has 0 aliphatic rings. The monoisotopic (exact) mass is 425 g/mol. The van der Waals surface area contributed by atoms with Crippen LogP contribution in [0.5, 0.6) is 0 Å². The fourth-order valence-corrected chi connectivity index (χ4v) is 3.77. The number of carbonyl (C=O) groups is 1. The van der Waals surface area contributed by atoms with Gasteiger partial charge in [0.2, 0.25) is 0 Å². The third kappa shape index (κ3) is 5.63. The molecule has 29 heavy (non-hydrogen) atoms. The van der Waals surface area contributed by atoms with Crippen LogP contribution in [0.3, 0.4) is 0 Å². The summed E-state index contributed by atoms with van der Waals surface area (Å²) < 4.78 is 26.9. The van der Waals surface area contributed by atoms with Crippen LogP contribution in [0.15, 0.2) is 83.8 Å². The predicted molar refractivity (Wildman–Crippen MR) is 119 cm³/mol. The molecule has 0 aliphatic carbocycles. The van der Waals surface area contributed by atoms with E-state index in [4.69, 9.17) is 12.2 Å². The minimum atomic E-state index is -3.98. The Labute approximate surface area is 175 Å². The molecular weight excluding hydrogens is 406 g/mol. The Hall–Kier alpha value is -3.23. The highest BCUT2D eigenvalue weighted by Gasteiger charge is 2.18. The summed E-state index contributed by atoms with van der Waals surface area (Å²) in [5, 5.41) is 6.44. The topological polar surface area (TPSA) is 87.3 Å². The van der Waals surface area contributed by atoms with Crippen LogP contribution in [0.1, 0.15) is 15.9 Å². The van der Waals surface area contributed by atoms with Gasteiger partial charge >= 0.3 is 0 Å². The Morgan fingerprint density at radius 2 is 1.48 bits per heavy atom.